The lowest BCUT2D eigenvalue weighted by molar-refractivity contribution is 0.150. The van der Waals surface area contributed by atoms with Gasteiger partial charge in [-0.25, -0.2) is 4.39 Å². The van der Waals surface area contributed by atoms with E-state index in [-0.39, 0.29) is 19.0 Å². The van der Waals surface area contributed by atoms with Crippen LogP contribution in [0.2, 0.25) is 0 Å². The first kappa shape index (κ1) is 11.2. The molecule has 0 spiro atoms. The van der Waals surface area contributed by atoms with Gasteiger partial charge in [0, 0.05) is 6.54 Å². The minimum absolute atomic E-state index is 0. The standard InChI is InChI=1S/C8H16FN.ClH/c9-8(7-10)5-3-1-2-4-6-8;/h1-7,10H2;1H. The van der Waals surface area contributed by atoms with Crippen molar-refractivity contribution in [1.82, 2.24) is 0 Å². The summed E-state index contributed by atoms with van der Waals surface area (Å²) >= 11 is 0. The van der Waals surface area contributed by atoms with Gasteiger partial charge in [0.25, 0.3) is 0 Å². The zero-order chi connectivity index (χ0) is 7.45. The highest BCUT2D eigenvalue weighted by molar-refractivity contribution is 5.85. The number of nitrogens with two attached hydrogens (primary N) is 1. The van der Waals surface area contributed by atoms with Gasteiger partial charge in [-0.05, 0) is 12.8 Å². The molecule has 11 heavy (non-hydrogen) atoms. The molecule has 1 fully saturated rings. The average Bonchev–Trinajstić information content (AvgIpc) is 2.15. The smallest absolute Gasteiger partial charge is 0.123 e. The predicted octanol–water partition coefficient (Wildman–Crippen LogP) is 2.43. The van der Waals surface area contributed by atoms with E-state index < -0.39 is 5.67 Å². The lowest BCUT2D eigenvalue weighted by Gasteiger charge is -2.20. The van der Waals surface area contributed by atoms with Gasteiger partial charge in [0.1, 0.15) is 5.67 Å². The summed E-state index contributed by atoms with van der Waals surface area (Å²) < 4.78 is 13.4. The van der Waals surface area contributed by atoms with E-state index in [1.54, 1.807) is 0 Å². The van der Waals surface area contributed by atoms with Crippen LogP contribution in [0, 0.1) is 0 Å². The van der Waals surface area contributed by atoms with E-state index in [4.69, 9.17) is 5.73 Å². The Morgan fingerprint density at radius 3 is 1.91 bits per heavy atom. The fourth-order valence-electron chi connectivity index (χ4n) is 1.57. The first-order valence-electron chi connectivity index (χ1n) is 4.16. The normalized spacial score (nSPS) is 23.5. The largest absolute Gasteiger partial charge is 0.328 e. The van der Waals surface area contributed by atoms with Crippen LogP contribution in [0.25, 0.3) is 0 Å². The minimum atomic E-state index is -1.02. The molecule has 1 rings (SSSR count). The first-order chi connectivity index (χ1) is 4.77. The fraction of sp³-hybridized carbons (Fsp3) is 1.00. The zero-order valence-corrected chi connectivity index (χ0v) is 7.63. The molecule has 0 aromatic rings. The van der Waals surface area contributed by atoms with Crippen LogP contribution in [0.3, 0.4) is 0 Å². The molecule has 3 heteroatoms. The first-order valence-corrected chi connectivity index (χ1v) is 4.16. The third-order valence-corrected chi connectivity index (χ3v) is 2.37. The molecule has 0 aromatic heterocycles. The topological polar surface area (TPSA) is 26.0 Å². The highest BCUT2D eigenvalue weighted by atomic mass is 35.5. The van der Waals surface area contributed by atoms with E-state index in [0.29, 0.717) is 12.8 Å². The Hall–Kier alpha value is 0.180. The van der Waals surface area contributed by atoms with Gasteiger partial charge in [-0.3, -0.25) is 0 Å². The second-order valence-corrected chi connectivity index (χ2v) is 3.27. The molecule has 1 aliphatic rings. The van der Waals surface area contributed by atoms with Crippen LogP contribution in [0.1, 0.15) is 38.5 Å². The Morgan fingerprint density at radius 1 is 1.09 bits per heavy atom. The summed E-state index contributed by atoms with van der Waals surface area (Å²) in [4.78, 5) is 0. The summed E-state index contributed by atoms with van der Waals surface area (Å²) in [6, 6.07) is 0. The van der Waals surface area contributed by atoms with Crippen molar-refractivity contribution in [2.24, 2.45) is 5.73 Å². The molecule has 0 aliphatic heterocycles. The van der Waals surface area contributed by atoms with Crippen LogP contribution in [-0.4, -0.2) is 12.2 Å². The van der Waals surface area contributed by atoms with Gasteiger partial charge in [0.05, 0.1) is 0 Å². The lowest BCUT2D eigenvalue weighted by atomic mass is 9.97. The molecule has 2 N–H and O–H groups in total. The maximum Gasteiger partial charge on any atom is 0.123 e. The van der Waals surface area contributed by atoms with Crippen LogP contribution in [-0.2, 0) is 0 Å². The molecule has 0 saturated heterocycles. The molecule has 68 valence electrons. The van der Waals surface area contributed by atoms with E-state index in [0.717, 1.165) is 12.8 Å². The van der Waals surface area contributed by atoms with E-state index in [1.165, 1.54) is 12.8 Å². The molecular formula is C8H17ClFN. The summed E-state index contributed by atoms with van der Waals surface area (Å²) in [6.45, 7) is 0.215. The maximum atomic E-state index is 13.4. The van der Waals surface area contributed by atoms with Gasteiger partial charge < -0.3 is 5.73 Å². The second-order valence-electron chi connectivity index (χ2n) is 3.27. The Labute approximate surface area is 73.9 Å². The zero-order valence-electron chi connectivity index (χ0n) is 6.81. The van der Waals surface area contributed by atoms with Crippen molar-refractivity contribution in [1.29, 1.82) is 0 Å². The lowest BCUT2D eigenvalue weighted by Crippen LogP contribution is -2.31. The molecule has 0 bridgehead atoms. The molecular weight excluding hydrogens is 165 g/mol. The second kappa shape index (κ2) is 4.94. The van der Waals surface area contributed by atoms with Crippen LogP contribution < -0.4 is 5.73 Å². The molecule has 1 nitrogen and oxygen atoms in total. The number of hydrogen-bond donors (Lipinski definition) is 1. The van der Waals surface area contributed by atoms with E-state index in [1.807, 2.05) is 0 Å². The van der Waals surface area contributed by atoms with Gasteiger partial charge in [-0.2, -0.15) is 0 Å². The van der Waals surface area contributed by atoms with Crippen molar-refractivity contribution in [2.45, 2.75) is 44.2 Å². The molecule has 0 aromatic carbocycles. The fourth-order valence-corrected chi connectivity index (χ4v) is 1.57. The Bertz CT molecular complexity index is 100. The predicted molar refractivity (Wildman–Crippen MR) is 47.8 cm³/mol. The summed E-state index contributed by atoms with van der Waals surface area (Å²) in [7, 11) is 0. The summed E-state index contributed by atoms with van der Waals surface area (Å²) in [5, 5.41) is 0. The molecule has 1 aliphatic carbocycles. The van der Waals surface area contributed by atoms with Crippen molar-refractivity contribution in [3.05, 3.63) is 0 Å². The molecule has 0 heterocycles. The highest BCUT2D eigenvalue weighted by Crippen LogP contribution is 2.29. The monoisotopic (exact) mass is 181 g/mol. The highest BCUT2D eigenvalue weighted by Gasteiger charge is 2.28. The Morgan fingerprint density at radius 2 is 1.55 bits per heavy atom. The van der Waals surface area contributed by atoms with Crippen molar-refractivity contribution in [3.8, 4) is 0 Å². The summed E-state index contributed by atoms with van der Waals surface area (Å²) in [6.07, 6.45) is 5.78. The van der Waals surface area contributed by atoms with Gasteiger partial charge in [0.2, 0.25) is 0 Å². The molecule has 1 saturated carbocycles. The van der Waals surface area contributed by atoms with Crippen LogP contribution in [0.5, 0.6) is 0 Å². The van der Waals surface area contributed by atoms with Crippen molar-refractivity contribution >= 4 is 12.4 Å². The maximum absolute atomic E-state index is 13.4. The van der Waals surface area contributed by atoms with E-state index in [2.05, 4.69) is 0 Å². The van der Waals surface area contributed by atoms with E-state index >= 15 is 0 Å². The quantitative estimate of drug-likeness (QED) is 0.618. The molecule has 0 amide bonds. The molecule has 0 unspecified atom stereocenters. The van der Waals surface area contributed by atoms with E-state index in [9.17, 15) is 4.39 Å². The van der Waals surface area contributed by atoms with Crippen LogP contribution in [0.15, 0.2) is 0 Å². The van der Waals surface area contributed by atoms with Crippen molar-refractivity contribution in [3.63, 3.8) is 0 Å². The van der Waals surface area contributed by atoms with Gasteiger partial charge in [-0.1, -0.05) is 25.7 Å². The number of halogens is 2. The number of rotatable bonds is 1. The van der Waals surface area contributed by atoms with Crippen molar-refractivity contribution < 1.29 is 4.39 Å². The SMILES string of the molecule is Cl.NCC1(F)CCCCCC1. The van der Waals surface area contributed by atoms with Gasteiger partial charge in [0.15, 0.2) is 0 Å². The van der Waals surface area contributed by atoms with Crippen LogP contribution in [0.4, 0.5) is 4.39 Å². The molecule has 0 atom stereocenters. The van der Waals surface area contributed by atoms with Crippen LogP contribution >= 0.6 is 12.4 Å². The summed E-state index contributed by atoms with van der Waals surface area (Å²) in [5.74, 6) is 0. The van der Waals surface area contributed by atoms with Crippen molar-refractivity contribution in [2.75, 3.05) is 6.54 Å². The Kier molecular flexibility index (Phi) is 5.02. The molecule has 0 radical (unpaired) electrons. The average molecular weight is 182 g/mol. The summed E-state index contributed by atoms with van der Waals surface area (Å²) in [5.41, 5.74) is 4.31. The van der Waals surface area contributed by atoms with Gasteiger partial charge >= 0.3 is 0 Å². The third kappa shape index (κ3) is 3.39. The third-order valence-electron chi connectivity index (χ3n) is 2.37. The minimum Gasteiger partial charge on any atom is -0.328 e. The number of alkyl halides is 1. The number of hydrogen-bond acceptors (Lipinski definition) is 1. The Balaban J connectivity index is 0.000001000. The van der Waals surface area contributed by atoms with Gasteiger partial charge in [-0.15, -0.1) is 12.4 Å².